The lowest BCUT2D eigenvalue weighted by Gasteiger charge is -2.21. The lowest BCUT2D eigenvalue weighted by molar-refractivity contribution is 0.0602. The van der Waals surface area contributed by atoms with E-state index in [9.17, 15) is 4.79 Å². The highest BCUT2D eigenvalue weighted by molar-refractivity contribution is 7.99. The standard InChI is InChI=1S/C15H22N2O2S/c1-9-7-10(8-11(14(9)16)15(18)19-2)17-12-5-4-6-13(12)20-3/h7-8,12-13,17H,4-6,16H2,1-3H3. The van der Waals surface area contributed by atoms with Crippen molar-refractivity contribution in [3.05, 3.63) is 23.3 Å². The van der Waals surface area contributed by atoms with Crippen molar-refractivity contribution in [3.8, 4) is 0 Å². The van der Waals surface area contributed by atoms with Crippen molar-refractivity contribution in [1.82, 2.24) is 0 Å². The first-order chi connectivity index (χ1) is 9.56. The Bertz CT molecular complexity index is 505. The van der Waals surface area contributed by atoms with Crippen molar-refractivity contribution < 1.29 is 9.53 Å². The van der Waals surface area contributed by atoms with Crippen LogP contribution in [0.5, 0.6) is 0 Å². The van der Waals surface area contributed by atoms with Gasteiger partial charge in [-0.25, -0.2) is 4.79 Å². The van der Waals surface area contributed by atoms with Gasteiger partial charge in [-0.05, 0) is 43.7 Å². The number of hydrogen-bond acceptors (Lipinski definition) is 5. The molecule has 1 fully saturated rings. The Morgan fingerprint density at radius 3 is 2.85 bits per heavy atom. The zero-order chi connectivity index (χ0) is 14.7. The Hall–Kier alpha value is -1.36. The number of esters is 1. The van der Waals surface area contributed by atoms with Crippen molar-refractivity contribution in [2.75, 3.05) is 24.4 Å². The average molecular weight is 294 g/mol. The Labute approximate surface area is 124 Å². The summed E-state index contributed by atoms with van der Waals surface area (Å²) < 4.78 is 4.79. The number of aryl methyl sites for hydroxylation is 1. The molecule has 2 atom stereocenters. The van der Waals surface area contributed by atoms with Crippen molar-refractivity contribution in [2.24, 2.45) is 0 Å². The maximum absolute atomic E-state index is 11.8. The van der Waals surface area contributed by atoms with Crippen LogP contribution in [-0.4, -0.2) is 30.6 Å². The molecule has 2 unspecified atom stereocenters. The zero-order valence-electron chi connectivity index (χ0n) is 12.2. The van der Waals surface area contributed by atoms with E-state index in [0.29, 0.717) is 22.5 Å². The molecule has 20 heavy (non-hydrogen) atoms. The summed E-state index contributed by atoms with van der Waals surface area (Å²) in [6.45, 7) is 1.91. The number of benzene rings is 1. The highest BCUT2D eigenvalue weighted by atomic mass is 32.2. The molecule has 0 aromatic heterocycles. The predicted molar refractivity (Wildman–Crippen MR) is 85.5 cm³/mol. The normalized spacial score (nSPS) is 21.8. The number of rotatable bonds is 4. The van der Waals surface area contributed by atoms with Gasteiger partial charge in [0.25, 0.3) is 0 Å². The molecule has 5 heteroatoms. The highest BCUT2D eigenvalue weighted by Crippen LogP contribution is 2.32. The zero-order valence-corrected chi connectivity index (χ0v) is 13.0. The largest absolute Gasteiger partial charge is 0.465 e. The van der Waals surface area contributed by atoms with Crippen LogP contribution in [0, 0.1) is 6.92 Å². The van der Waals surface area contributed by atoms with E-state index in [2.05, 4.69) is 11.6 Å². The van der Waals surface area contributed by atoms with E-state index >= 15 is 0 Å². The van der Waals surface area contributed by atoms with Gasteiger partial charge in [0.15, 0.2) is 0 Å². The number of carbonyl (C=O) groups is 1. The Kier molecular flexibility index (Phi) is 4.81. The Morgan fingerprint density at radius 2 is 2.20 bits per heavy atom. The third kappa shape index (κ3) is 3.03. The summed E-state index contributed by atoms with van der Waals surface area (Å²) in [5.74, 6) is -0.387. The summed E-state index contributed by atoms with van der Waals surface area (Å²) in [7, 11) is 1.37. The van der Waals surface area contributed by atoms with Crippen molar-refractivity contribution >= 4 is 29.1 Å². The average Bonchev–Trinajstić information content (AvgIpc) is 2.88. The summed E-state index contributed by atoms with van der Waals surface area (Å²) in [6.07, 6.45) is 5.82. The number of anilines is 2. The third-order valence-corrected chi connectivity index (χ3v) is 5.07. The molecule has 4 nitrogen and oxygen atoms in total. The van der Waals surface area contributed by atoms with Crippen molar-refractivity contribution in [1.29, 1.82) is 0 Å². The molecule has 1 aliphatic carbocycles. The number of nitrogen functional groups attached to an aromatic ring is 1. The molecular weight excluding hydrogens is 272 g/mol. The number of nitrogens with two attached hydrogens (primary N) is 1. The van der Waals surface area contributed by atoms with Crippen LogP contribution in [0.1, 0.15) is 35.2 Å². The molecule has 0 heterocycles. The molecule has 0 radical (unpaired) electrons. The fourth-order valence-electron chi connectivity index (χ4n) is 2.75. The first-order valence-electron chi connectivity index (χ1n) is 6.84. The van der Waals surface area contributed by atoms with E-state index in [1.165, 1.54) is 26.4 Å². The minimum atomic E-state index is -0.387. The molecule has 1 aromatic carbocycles. The van der Waals surface area contributed by atoms with Crippen LogP contribution in [0.2, 0.25) is 0 Å². The molecule has 1 saturated carbocycles. The van der Waals surface area contributed by atoms with Crippen LogP contribution < -0.4 is 11.1 Å². The maximum Gasteiger partial charge on any atom is 0.340 e. The summed E-state index contributed by atoms with van der Waals surface area (Å²) in [4.78, 5) is 11.8. The van der Waals surface area contributed by atoms with Crippen LogP contribution in [-0.2, 0) is 4.74 Å². The Morgan fingerprint density at radius 1 is 1.45 bits per heavy atom. The molecule has 3 N–H and O–H groups in total. The van der Waals surface area contributed by atoms with E-state index in [4.69, 9.17) is 10.5 Å². The molecule has 0 spiro atoms. The second-order valence-electron chi connectivity index (χ2n) is 5.20. The van der Waals surface area contributed by atoms with Crippen LogP contribution in [0.3, 0.4) is 0 Å². The quantitative estimate of drug-likeness (QED) is 0.660. The van der Waals surface area contributed by atoms with Gasteiger partial charge in [-0.1, -0.05) is 6.42 Å². The number of carbonyl (C=O) groups excluding carboxylic acids is 1. The van der Waals surface area contributed by atoms with Gasteiger partial charge in [0.05, 0.1) is 12.7 Å². The highest BCUT2D eigenvalue weighted by Gasteiger charge is 2.26. The maximum atomic E-state index is 11.8. The lowest BCUT2D eigenvalue weighted by atomic mass is 10.1. The van der Waals surface area contributed by atoms with Gasteiger partial charge in [-0.15, -0.1) is 0 Å². The third-order valence-electron chi connectivity index (χ3n) is 3.90. The molecule has 0 bridgehead atoms. The molecule has 0 aliphatic heterocycles. The second kappa shape index (κ2) is 6.39. The summed E-state index contributed by atoms with van der Waals surface area (Å²) in [5.41, 5.74) is 8.74. The lowest BCUT2D eigenvalue weighted by Crippen LogP contribution is -2.26. The van der Waals surface area contributed by atoms with E-state index < -0.39 is 0 Å². The van der Waals surface area contributed by atoms with Gasteiger partial charge >= 0.3 is 5.97 Å². The van der Waals surface area contributed by atoms with Gasteiger partial charge in [-0.3, -0.25) is 0 Å². The van der Waals surface area contributed by atoms with E-state index in [0.717, 1.165) is 11.3 Å². The van der Waals surface area contributed by atoms with Crippen LogP contribution in [0.4, 0.5) is 11.4 Å². The first-order valence-corrected chi connectivity index (χ1v) is 8.13. The van der Waals surface area contributed by atoms with Crippen LogP contribution in [0.25, 0.3) is 0 Å². The molecular formula is C15H22N2O2S. The van der Waals surface area contributed by atoms with Crippen molar-refractivity contribution in [3.63, 3.8) is 0 Å². The number of nitrogens with one attached hydrogen (secondary N) is 1. The van der Waals surface area contributed by atoms with E-state index in [1.807, 2.05) is 24.8 Å². The fraction of sp³-hybridized carbons (Fsp3) is 0.533. The van der Waals surface area contributed by atoms with Gasteiger partial charge in [-0.2, -0.15) is 11.8 Å². The second-order valence-corrected chi connectivity index (χ2v) is 6.28. The molecule has 0 saturated heterocycles. The minimum absolute atomic E-state index is 0.387. The SMILES string of the molecule is COC(=O)c1cc(NC2CCCC2SC)cc(C)c1N. The van der Waals surface area contributed by atoms with E-state index in [1.54, 1.807) is 6.07 Å². The van der Waals surface area contributed by atoms with Crippen LogP contribution >= 0.6 is 11.8 Å². The van der Waals surface area contributed by atoms with Gasteiger partial charge in [0, 0.05) is 22.7 Å². The molecule has 1 aromatic rings. The van der Waals surface area contributed by atoms with Gasteiger partial charge in [0.1, 0.15) is 0 Å². The van der Waals surface area contributed by atoms with Gasteiger partial charge < -0.3 is 15.8 Å². The Balaban J connectivity index is 2.24. The first kappa shape index (κ1) is 15.0. The number of methoxy groups -OCH3 is 1. The minimum Gasteiger partial charge on any atom is -0.465 e. The molecule has 110 valence electrons. The van der Waals surface area contributed by atoms with Crippen LogP contribution in [0.15, 0.2) is 12.1 Å². The topological polar surface area (TPSA) is 64.3 Å². The molecule has 2 rings (SSSR count). The molecule has 1 aliphatic rings. The fourth-order valence-corrected chi connectivity index (χ4v) is 3.68. The predicted octanol–water partition coefficient (Wildman–Crippen LogP) is 3.06. The van der Waals surface area contributed by atoms with Gasteiger partial charge in [0.2, 0.25) is 0 Å². The summed E-state index contributed by atoms with van der Waals surface area (Å²) in [5, 5.41) is 4.18. The number of ether oxygens (including phenoxy) is 1. The summed E-state index contributed by atoms with van der Waals surface area (Å²) in [6, 6.07) is 4.25. The van der Waals surface area contributed by atoms with Crippen molar-refractivity contribution in [2.45, 2.75) is 37.5 Å². The number of thioether (sulfide) groups is 1. The smallest absolute Gasteiger partial charge is 0.340 e. The summed E-state index contributed by atoms with van der Waals surface area (Å²) >= 11 is 1.90. The number of hydrogen-bond donors (Lipinski definition) is 2. The molecule has 0 amide bonds. The monoisotopic (exact) mass is 294 g/mol. The van der Waals surface area contributed by atoms with E-state index in [-0.39, 0.29) is 5.97 Å².